The topological polar surface area (TPSA) is 156 Å². The predicted octanol–water partition coefficient (Wildman–Crippen LogP) is 6.53. The highest BCUT2D eigenvalue weighted by Gasteiger charge is 2.38. The summed E-state index contributed by atoms with van der Waals surface area (Å²) in [4.78, 5) is 34.4. The molecule has 222 valence electrons. The molecule has 10 nitrogen and oxygen atoms in total. The third-order valence-corrected chi connectivity index (χ3v) is 6.30. The first-order chi connectivity index (χ1) is 21.1. The van der Waals surface area contributed by atoms with Crippen molar-refractivity contribution in [3.05, 3.63) is 109 Å². The second-order valence-corrected chi connectivity index (χ2v) is 9.28. The highest BCUT2D eigenvalue weighted by molar-refractivity contribution is 6.09. The first-order valence-electron chi connectivity index (χ1n) is 13.0. The normalized spacial score (nSPS) is 11.1. The second kappa shape index (κ2) is 12.6. The van der Waals surface area contributed by atoms with E-state index >= 15 is 0 Å². The largest absolute Gasteiger partial charge is 0.490 e. The number of nitrogens with zero attached hydrogens (tertiary/aromatic N) is 3. The molecule has 0 spiro atoms. The Morgan fingerprint density at radius 2 is 1.57 bits per heavy atom. The van der Waals surface area contributed by atoms with E-state index in [1.54, 1.807) is 18.3 Å². The predicted molar refractivity (Wildman–Crippen MR) is 158 cm³/mol. The zero-order valence-corrected chi connectivity index (χ0v) is 22.7. The molecular formula is C31H23F3N6O4. The van der Waals surface area contributed by atoms with Crippen molar-refractivity contribution in [1.82, 2.24) is 15.0 Å². The zero-order valence-electron chi connectivity index (χ0n) is 22.7. The fourth-order valence-electron chi connectivity index (χ4n) is 4.23. The van der Waals surface area contributed by atoms with Gasteiger partial charge in [0.2, 0.25) is 0 Å². The number of anilines is 3. The number of nitrogens with one attached hydrogen (secondary N) is 2. The fraction of sp³-hybridized carbons (Fsp3) is 0.0645. The van der Waals surface area contributed by atoms with Gasteiger partial charge < -0.3 is 25.9 Å². The van der Waals surface area contributed by atoms with Gasteiger partial charge >= 0.3 is 12.1 Å². The van der Waals surface area contributed by atoms with Gasteiger partial charge in [0.25, 0.3) is 5.91 Å². The minimum absolute atomic E-state index is 0.295. The number of halogens is 3. The first kappa shape index (κ1) is 29.7. The molecule has 0 unspecified atom stereocenters. The van der Waals surface area contributed by atoms with Crippen molar-refractivity contribution in [2.24, 2.45) is 5.73 Å². The average molecular weight is 601 g/mol. The molecule has 0 fully saturated rings. The molecule has 3 aromatic heterocycles. The van der Waals surface area contributed by atoms with Gasteiger partial charge in [-0.3, -0.25) is 9.78 Å². The molecule has 1 amide bonds. The highest BCUT2D eigenvalue weighted by Crippen LogP contribution is 2.35. The van der Waals surface area contributed by atoms with Crippen LogP contribution in [0.1, 0.15) is 16.1 Å². The number of hydrogen-bond donors (Lipinski definition) is 4. The van der Waals surface area contributed by atoms with E-state index in [1.165, 1.54) is 6.33 Å². The summed E-state index contributed by atoms with van der Waals surface area (Å²) in [5.41, 5.74) is 11.6. The number of benzene rings is 3. The van der Waals surface area contributed by atoms with Crippen LogP contribution in [0.25, 0.3) is 33.2 Å². The summed E-state index contributed by atoms with van der Waals surface area (Å²) in [5.74, 6) is -2.42. The molecule has 44 heavy (non-hydrogen) atoms. The highest BCUT2D eigenvalue weighted by atomic mass is 19.4. The molecule has 0 bridgehead atoms. The Morgan fingerprint density at radius 3 is 2.30 bits per heavy atom. The second-order valence-electron chi connectivity index (χ2n) is 9.28. The SMILES string of the molecule is NCc1ccnc(C(=O)Nc2ccc(Nc3cc(-c4cccc5c4oc4ccccc45)ncn3)cc2)c1.O=C(O)C(F)(F)F. The molecule has 13 heteroatoms. The van der Waals surface area contributed by atoms with Crippen LogP contribution < -0.4 is 16.4 Å². The number of carboxylic acids is 1. The molecule has 6 aromatic rings. The van der Waals surface area contributed by atoms with E-state index in [4.69, 9.17) is 20.1 Å². The minimum atomic E-state index is -5.08. The number of aliphatic carboxylic acids is 1. The van der Waals surface area contributed by atoms with E-state index in [2.05, 4.69) is 37.7 Å². The summed E-state index contributed by atoms with van der Waals surface area (Å²) in [6.45, 7) is 0.349. The van der Waals surface area contributed by atoms with Crippen LogP contribution in [0, 0.1) is 0 Å². The summed E-state index contributed by atoms with van der Waals surface area (Å²) in [6.07, 6.45) is -1.98. The van der Waals surface area contributed by atoms with Crippen molar-refractivity contribution in [3.63, 3.8) is 0 Å². The Balaban J connectivity index is 0.000000493. The fourth-order valence-corrected chi connectivity index (χ4v) is 4.23. The van der Waals surface area contributed by atoms with Crippen LogP contribution >= 0.6 is 0 Å². The number of alkyl halides is 3. The number of hydrogen-bond acceptors (Lipinski definition) is 8. The minimum Gasteiger partial charge on any atom is -0.475 e. The van der Waals surface area contributed by atoms with Crippen LogP contribution in [0.5, 0.6) is 0 Å². The Bertz CT molecular complexity index is 1960. The Labute approximate surface area is 247 Å². The number of carboxylic acid groups (broad SMARTS) is 1. The molecule has 3 aromatic carbocycles. The maximum atomic E-state index is 12.5. The molecule has 0 radical (unpaired) electrons. The molecule has 0 saturated carbocycles. The molecule has 0 aliphatic rings. The van der Waals surface area contributed by atoms with Crippen LogP contribution in [-0.4, -0.2) is 38.1 Å². The number of rotatable bonds is 6. The summed E-state index contributed by atoms with van der Waals surface area (Å²) < 4.78 is 37.9. The number of pyridine rings is 1. The number of fused-ring (bicyclic) bond motifs is 3. The van der Waals surface area contributed by atoms with E-state index in [9.17, 15) is 18.0 Å². The van der Waals surface area contributed by atoms with Gasteiger partial charge in [0.05, 0.1) is 5.69 Å². The van der Waals surface area contributed by atoms with E-state index in [0.717, 1.165) is 44.4 Å². The lowest BCUT2D eigenvalue weighted by atomic mass is 10.1. The first-order valence-corrected chi connectivity index (χ1v) is 13.0. The van der Waals surface area contributed by atoms with Gasteiger partial charge in [0.1, 0.15) is 29.0 Å². The third-order valence-electron chi connectivity index (χ3n) is 6.30. The van der Waals surface area contributed by atoms with Crippen LogP contribution in [0.3, 0.4) is 0 Å². The van der Waals surface area contributed by atoms with E-state index in [0.29, 0.717) is 23.7 Å². The number of carbonyl (C=O) groups excluding carboxylic acids is 1. The van der Waals surface area contributed by atoms with Crippen LogP contribution in [0.15, 0.2) is 102 Å². The smallest absolute Gasteiger partial charge is 0.475 e. The maximum absolute atomic E-state index is 12.5. The Kier molecular flexibility index (Phi) is 8.49. The van der Waals surface area contributed by atoms with Crippen LogP contribution in [-0.2, 0) is 11.3 Å². The average Bonchev–Trinajstić information content (AvgIpc) is 3.41. The number of amides is 1. The molecule has 0 saturated heterocycles. The lowest BCUT2D eigenvalue weighted by Crippen LogP contribution is -2.21. The standard InChI is InChI=1S/C29H22N6O2.C2HF3O2/c30-16-18-12-13-31-25(14-18)29(36)35-20-10-8-19(9-11-20)34-27-15-24(32-17-33-27)23-6-3-5-22-21-4-1-2-7-26(21)37-28(22)23;3-2(4,5)1(6)7/h1-15,17H,16,30H2,(H,35,36)(H,32,33,34);(H,6,7). The van der Waals surface area contributed by atoms with Gasteiger partial charge in [-0.05, 0) is 54.1 Å². The monoisotopic (exact) mass is 600 g/mol. The van der Waals surface area contributed by atoms with Crippen LogP contribution in [0.4, 0.5) is 30.4 Å². The van der Waals surface area contributed by atoms with Crippen molar-refractivity contribution in [2.75, 3.05) is 10.6 Å². The summed E-state index contributed by atoms with van der Waals surface area (Å²) in [5, 5.41) is 15.4. The molecule has 0 aliphatic heterocycles. The van der Waals surface area contributed by atoms with Crippen molar-refractivity contribution in [3.8, 4) is 11.3 Å². The zero-order chi connectivity index (χ0) is 31.3. The Morgan fingerprint density at radius 1 is 0.864 bits per heavy atom. The quantitative estimate of drug-likeness (QED) is 0.167. The molecule has 6 rings (SSSR count). The number of carbonyl (C=O) groups is 2. The van der Waals surface area contributed by atoms with Crippen molar-refractivity contribution in [2.45, 2.75) is 12.7 Å². The van der Waals surface area contributed by atoms with Gasteiger partial charge in [-0.1, -0.05) is 30.3 Å². The van der Waals surface area contributed by atoms with E-state index in [1.807, 2.05) is 60.7 Å². The van der Waals surface area contributed by atoms with Gasteiger partial charge in [-0.25, -0.2) is 14.8 Å². The molecule has 0 aliphatic carbocycles. The molecule has 0 atom stereocenters. The number of para-hydroxylation sites is 2. The molecular weight excluding hydrogens is 577 g/mol. The maximum Gasteiger partial charge on any atom is 0.490 e. The molecule has 5 N–H and O–H groups in total. The Hall–Kier alpha value is -5.82. The van der Waals surface area contributed by atoms with Gasteiger partial charge in [0.15, 0.2) is 0 Å². The van der Waals surface area contributed by atoms with Gasteiger partial charge in [0, 0.05) is 46.5 Å². The number of furan rings is 1. The summed E-state index contributed by atoms with van der Waals surface area (Å²) in [7, 11) is 0. The molecule has 3 heterocycles. The van der Waals surface area contributed by atoms with E-state index in [-0.39, 0.29) is 5.91 Å². The summed E-state index contributed by atoms with van der Waals surface area (Å²) in [6, 6.07) is 26.7. The lowest BCUT2D eigenvalue weighted by molar-refractivity contribution is -0.192. The van der Waals surface area contributed by atoms with Gasteiger partial charge in [-0.15, -0.1) is 0 Å². The number of nitrogens with two attached hydrogens (primary N) is 1. The van der Waals surface area contributed by atoms with Crippen molar-refractivity contribution >= 4 is 51.0 Å². The lowest BCUT2D eigenvalue weighted by Gasteiger charge is -2.09. The van der Waals surface area contributed by atoms with Crippen molar-refractivity contribution in [1.29, 1.82) is 0 Å². The van der Waals surface area contributed by atoms with Crippen molar-refractivity contribution < 1.29 is 32.3 Å². The summed E-state index contributed by atoms with van der Waals surface area (Å²) >= 11 is 0. The van der Waals surface area contributed by atoms with E-state index < -0.39 is 12.1 Å². The van der Waals surface area contributed by atoms with Crippen LogP contribution in [0.2, 0.25) is 0 Å². The number of aromatic nitrogens is 3. The third kappa shape index (κ3) is 6.79. The van der Waals surface area contributed by atoms with Gasteiger partial charge in [-0.2, -0.15) is 13.2 Å².